The second-order valence-electron chi connectivity index (χ2n) is 8.16. The number of alkyl halides is 6. The van der Waals surface area contributed by atoms with Gasteiger partial charge in [0, 0.05) is 5.41 Å². The van der Waals surface area contributed by atoms with Crippen LogP contribution in [0.4, 0.5) is 26.3 Å². The van der Waals surface area contributed by atoms with Gasteiger partial charge in [-0.15, -0.1) is 0 Å². The number of rotatable bonds is 11. The molecule has 1 heterocycles. The number of ether oxygens (including phenoxy) is 5. The van der Waals surface area contributed by atoms with Crippen molar-refractivity contribution in [2.24, 2.45) is 5.41 Å². The molecule has 1 aliphatic heterocycles. The summed E-state index contributed by atoms with van der Waals surface area (Å²) in [5.74, 6) is -1.13. The molecule has 1 aliphatic rings. The number of halogens is 6. The van der Waals surface area contributed by atoms with Crippen LogP contribution in [0.3, 0.4) is 0 Å². The zero-order valence-electron chi connectivity index (χ0n) is 18.4. The van der Waals surface area contributed by atoms with Gasteiger partial charge < -0.3 is 23.7 Å². The molecule has 0 aromatic heterocycles. The molecule has 0 saturated carbocycles. The molecule has 35 heavy (non-hydrogen) atoms. The quantitative estimate of drug-likeness (QED) is 0.180. The van der Waals surface area contributed by atoms with E-state index in [9.17, 15) is 31.1 Å². The van der Waals surface area contributed by atoms with Crippen molar-refractivity contribution in [1.29, 1.82) is 0 Å². The fourth-order valence-corrected chi connectivity index (χ4v) is 2.90. The lowest BCUT2D eigenvalue weighted by atomic mass is 9.90. The Balaban J connectivity index is 1.45. The van der Waals surface area contributed by atoms with Gasteiger partial charge in [-0.1, -0.05) is 6.92 Å². The van der Waals surface area contributed by atoms with E-state index in [1.807, 2.05) is 0 Å². The number of carbonyl (C=O) groups is 1. The largest absolute Gasteiger partial charge is 0.491 e. The average molecular weight is 508 g/mol. The van der Waals surface area contributed by atoms with E-state index < -0.39 is 30.2 Å². The van der Waals surface area contributed by atoms with E-state index in [0.29, 0.717) is 38.8 Å². The third-order valence-corrected chi connectivity index (χ3v) is 4.81. The maximum atomic E-state index is 13.3. The van der Waals surface area contributed by atoms with E-state index in [1.165, 1.54) is 12.1 Å². The molecule has 2 aromatic rings. The lowest BCUT2D eigenvalue weighted by Gasteiger charge is -2.37. The van der Waals surface area contributed by atoms with Crippen molar-refractivity contribution < 1.29 is 54.8 Å². The smallest absolute Gasteiger partial charge is 0.439 e. The highest BCUT2D eigenvalue weighted by atomic mass is 19.4. The van der Waals surface area contributed by atoms with Gasteiger partial charge in [0.2, 0.25) is 0 Å². The first-order valence-corrected chi connectivity index (χ1v) is 10.4. The van der Waals surface area contributed by atoms with Crippen LogP contribution in [0.2, 0.25) is 0 Å². The highest BCUT2D eigenvalue weighted by Crippen LogP contribution is 2.36. The number of benzene rings is 2. The zero-order valence-corrected chi connectivity index (χ0v) is 18.4. The molecule has 1 unspecified atom stereocenters. The Morgan fingerprint density at radius 1 is 0.943 bits per heavy atom. The van der Waals surface area contributed by atoms with Gasteiger partial charge in [0.15, 0.2) is 0 Å². The normalized spacial score (nSPS) is 16.2. The molecule has 12 heteroatoms. The highest BCUT2D eigenvalue weighted by molar-refractivity contribution is 5.91. The average Bonchev–Trinajstić information content (AvgIpc) is 2.78. The van der Waals surface area contributed by atoms with Crippen molar-refractivity contribution in [2.75, 3.05) is 33.0 Å². The summed E-state index contributed by atoms with van der Waals surface area (Å²) >= 11 is 0. The molecule has 2 aromatic carbocycles. The van der Waals surface area contributed by atoms with Gasteiger partial charge in [-0.05, 0) is 48.5 Å². The van der Waals surface area contributed by atoms with Gasteiger partial charge in [-0.25, -0.2) is 9.18 Å². The second kappa shape index (κ2) is 10.7. The maximum absolute atomic E-state index is 13.3. The number of esters is 1. The second-order valence-corrected chi connectivity index (χ2v) is 8.16. The minimum Gasteiger partial charge on any atom is -0.491 e. The number of hydrogen-bond donors (Lipinski definition) is 0. The van der Waals surface area contributed by atoms with Gasteiger partial charge in [0.1, 0.15) is 23.9 Å². The minimum atomic E-state index is -5.79. The molecule has 0 radical (unpaired) electrons. The summed E-state index contributed by atoms with van der Waals surface area (Å²) in [6, 6.07) is 9.64. The van der Waals surface area contributed by atoms with Crippen LogP contribution >= 0.6 is 0 Å². The third kappa shape index (κ3) is 7.49. The molecule has 1 saturated heterocycles. The van der Waals surface area contributed by atoms with E-state index in [2.05, 4.69) is 11.7 Å². The van der Waals surface area contributed by atoms with Crippen molar-refractivity contribution in [2.45, 2.75) is 25.4 Å². The molecule has 192 valence electrons. The fourth-order valence-electron chi connectivity index (χ4n) is 2.90. The lowest BCUT2D eigenvalue weighted by Crippen LogP contribution is -2.45. The zero-order chi connectivity index (χ0) is 25.7. The predicted molar refractivity (Wildman–Crippen MR) is 110 cm³/mol. The minimum absolute atomic E-state index is 0.0466. The SMILES string of the molecule is CC1(COCCOc2ccc(C(=O)Oc3ccc(OC(F)(F)C(F)C(F)(F)F)cc3)cc2)COC1. The Kier molecular flexibility index (Phi) is 8.16. The summed E-state index contributed by atoms with van der Waals surface area (Å²) in [4.78, 5) is 12.2. The highest BCUT2D eigenvalue weighted by Gasteiger charge is 2.59. The van der Waals surface area contributed by atoms with Crippen LogP contribution < -0.4 is 14.2 Å². The van der Waals surface area contributed by atoms with E-state index in [4.69, 9.17) is 18.9 Å². The van der Waals surface area contributed by atoms with Gasteiger partial charge in [-0.2, -0.15) is 22.0 Å². The van der Waals surface area contributed by atoms with Crippen LogP contribution in [0.25, 0.3) is 0 Å². The lowest BCUT2D eigenvalue weighted by molar-refractivity contribution is -0.304. The van der Waals surface area contributed by atoms with E-state index in [-0.39, 0.29) is 16.7 Å². The van der Waals surface area contributed by atoms with Crippen LogP contribution in [-0.4, -0.2) is 57.5 Å². The van der Waals surface area contributed by atoms with Crippen LogP contribution in [0.1, 0.15) is 17.3 Å². The molecule has 3 rings (SSSR count). The summed E-state index contributed by atoms with van der Waals surface area (Å²) < 4.78 is 101. The summed E-state index contributed by atoms with van der Waals surface area (Å²) in [6.45, 7) is 4.66. The Hall–Kier alpha value is -2.99. The van der Waals surface area contributed by atoms with Crippen LogP contribution in [0.15, 0.2) is 48.5 Å². The fraction of sp³-hybridized carbons (Fsp3) is 0.435. The topological polar surface area (TPSA) is 63.2 Å². The van der Waals surface area contributed by atoms with E-state index >= 15 is 0 Å². The third-order valence-electron chi connectivity index (χ3n) is 4.81. The van der Waals surface area contributed by atoms with Crippen LogP contribution in [-0.2, 0) is 9.47 Å². The first kappa shape index (κ1) is 26.6. The van der Waals surface area contributed by atoms with Crippen molar-refractivity contribution in [3.63, 3.8) is 0 Å². The summed E-state index contributed by atoms with van der Waals surface area (Å²) in [5, 5.41) is 0. The Bertz CT molecular complexity index is 973. The molecule has 0 aliphatic carbocycles. The first-order chi connectivity index (χ1) is 16.4. The van der Waals surface area contributed by atoms with Crippen molar-refractivity contribution in [3.8, 4) is 17.2 Å². The summed E-state index contributed by atoms with van der Waals surface area (Å²) in [5.41, 5.74) is 0.203. The monoisotopic (exact) mass is 508 g/mol. The van der Waals surface area contributed by atoms with E-state index in [1.54, 1.807) is 12.1 Å². The van der Waals surface area contributed by atoms with Gasteiger partial charge in [0.05, 0.1) is 32.0 Å². The predicted octanol–water partition coefficient (Wildman–Crippen LogP) is 5.21. The molecule has 0 N–H and O–H groups in total. The van der Waals surface area contributed by atoms with Gasteiger partial charge >= 0.3 is 18.3 Å². The molecular formula is C23H22F6O6. The summed E-state index contributed by atoms with van der Waals surface area (Å²) in [6.07, 6.45) is -15.4. The Morgan fingerprint density at radius 2 is 1.51 bits per heavy atom. The Morgan fingerprint density at radius 3 is 2.06 bits per heavy atom. The van der Waals surface area contributed by atoms with Crippen molar-refractivity contribution in [3.05, 3.63) is 54.1 Å². The number of hydrogen-bond acceptors (Lipinski definition) is 6. The Labute approximate surface area is 196 Å². The van der Waals surface area contributed by atoms with Crippen LogP contribution in [0.5, 0.6) is 17.2 Å². The maximum Gasteiger partial charge on any atom is 0.439 e. The van der Waals surface area contributed by atoms with Gasteiger partial charge in [0.25, 0.3) is 6.17 Å². The van der Waals surface area contributed by atoms with Gasteiger partial charge in [-0.3, -0.25) is 0 Å². The van der Waals surface area contributed by atoms with Crippen molar-refractivity contribution >= 4 is 5.97 Å². The molecule has 1 fully saturated rings. The molecule has 0 amide bonds. The molecular weight excluding hydrogens is 486 g/mol. The first-order valence-electron chi connectivity index (χ1n) is 10.4. The molecule has 1 atom stereocenters. The van der Waals surface area contributed by atoms with E-state index in [0.717, 1.165) is 24.3 Å². The molecule has 0 spiro atoms. The van der Waals surface area contributed by atoms with Crippen LogP contribution in [0, 0.1) is 5.41 Å². The number of carbonyl (C=O) groups excluding carboxylic acids is 1. The molecule has 0 bridgehead atoms. The summed E-state index contributed by atoms with van der Waals surface area (Å²) in [7, 11) is 0. The van der Waals surface area contributed by atoms with Crippen molar-refractivity contribution in [1.82, 2.24) is 0 Å². The molecule has 6 nitrogen and oxygen atoms in total. The standard InChI is InChI=1S/C23H22F6O6/c1-21(13-32-14-21)12-31-10-11-33-16-4-2-15(3-5-16)19(30)34-17-6-8-18(9-7-17)35-23(28,29)20(24)22(25,26)27/h2-9,20H,10-14H2,1H3.